The Bertz CT molecular complexity index is 1770. The van der Waals surface area contributed by atoms with Gasteiger partial charge in [0.05, 0.1) is 0 Å². The second kappa shape index (κ2) is 8.89. The fourth-order valence-electron chi connectivity index (χ4n) is 6.35. The number of hydrogen-bond donors (Lipinski definition) is 0. The van der Waals surface area contributed by atoms with E-state index < -0.39 is 0 Å². The van der Waals surface area contributed by atoms with Gasteiger partial charge < -0.3 is 13.3 Å². The molecule has 6 aromatic rings. The molecule has 3 aromatic carbocycles. The molecule has 0 saturated heterocycles. The third kappa shape index (κ3) is 4.68. The standard InChI is InChI=1S/C39H42O3/c1-37(2,3)28-10-22-16-31-20-26-14-30(39(7,8)9)12-24-18-33(42-36(24)26)21-27-15-29(38(4,5)6)11-23-17-32(41-35(23)27)19-25(13-28)34(22)40-31/h10-18H,19-21H2,1-9H3. The van der Waals surface area contributed by atoms with Crippen LogP contribution in [0.2, 0.25) is 0 Å². The van der Waals surface area contributed by atoms with E-state index >= 15 is 0 Å². The van der Waals surface area contributed by atoms with Gasteiger partial charge in [-0.1, -0.05) is 80.5 Å². The van der Waals surface area contributed by atoms with Crippen LogP contribution in [-0.4, -0.2) is 0 Å². The van der Waals surface area contributed by atoms with Gasteiger partial charge in [-0.05, 0) is 69.3 Å². The first-order valence-corrected chi connectivity index (χ1v) is 15.3. The predicted octanol–water partition coefficient (Wildman–Crippen LogP) is 10.9. The smallest absolute Gasteiger partial charge is 0.137 e. The highest BCUT2D eigenvalue weighted by atomic mass is 16.3. The molecule has 0 N–H and O–H groups in total. The van der Waals surface area contributed by atoms with Crippen LogP contribution in [-0.2, 0) is 35.5 Å². The summed E-state index contributed by atoms with van der Waals surface area (Å²) in [6, 6.07) is 20.5. The lowest BCUT2D eigenvalue weighted by Crippen LogP contribution is -2.11. The van der Waals surface area contributed by atoms with Gasteiger partial charge in [-0.15, -0.1) is 0 Å². The van der Waals surface area contributed by atoms with Crippen LogP contribution in [0.15, 0.2) is 67.8 Å². The van der Waals surface area contributed by atoms with Crippen molar-refractivity contribution in [2.45, 2.75) is 97.8 Å². The molecule has 216 valence electrons. The monoisotopic (exact) mass is 558 g/mol. The molecule has 3 heteroatoms. The van der Waals surface area contributed by atoms with Crippen LogP contribution in [0.5, 0.6) is 0 Å². The van der Waals surface area contributed by atoms with Crippen molar-refractivity contribution < 1.29 is 13.3 Å². The molecule has 0 fully saturated rings. The van der Waals surface area contributed by atoms with E-state index in [1.807, 2.05) is 0 Å². The molecule has 3 nitrogen and oxygen atoms in total. The molecule has 0 spiro atoms. The van der Waals surface area contributed by atoms with Gasteiger partial charge in [0.2, 0.25) is 0 Å². The lowest BCUT2D eigenvalue weighted by Gasteiger charge is -2.20. The highest BCUT2D eigenvalue weighted by Crippen LogP contribution is 2.39. The molecule has 0 unspecified atom stereocenters. The Kier molecular flexibility index (Phi) is 5.75. The third-order valence-corrected chi connectivity index (χ3v) is 8.92. The summed E-state index contributed by atoms with van der Waals surface area (Å²) in [6.45, 7) is 20.5. The van der Waals surface area contributed by atoms with Crippen LogP contribution in [0, 0.1) is 0 Å². The summed E-state index contributed by atoms with van der Waals surface area (Å²) in [5, 5.41) is 3.44. The Labute approximate surface area is 248 Å². The van der Waals surface area contributed by atoms with E-state index in [9.17, 15) is 0 Å². The van der Waals surface area contributed by atoms with Gasteiger partial charge in [0.15, 0.2) is 0 Å². The second-order valence-electron chi connectivity index (χ2n) is 15.6. The van der Waals surface area contributed by atoms with Crippen LogP contribution >= 0.6 is 0 Å². The molecule has 0 amide bonds. The largest absolute Gasteiger partial charge is 0.460 e. The number of hydrogen-bond acceptors (Lipinski definition) is 3. The zero-order valence-electron chi connectivity index (χ0n) is 26.5. The van der Waals surface area contributed by atoms with Crippen LogP contribution in [0.25, 0.3) is 32.9 Å². The minimum absolute atomic E-state index is 0.0155. The lowest BCUT2D eigenvalue weighted by atomic mass is 9.84. The predicted molar refractivity (Wildman–Crippen MR) is 173 cm³/mol. The van der Waals surface area contributed by atoms with Crippen molar-refractivity contribution in [1.82, 2.24) is 0 Å². The van der Waals surface area contributed by atoms with Gasteiger partial charge in [0.1, 0.15) is 34.0 Å². The normalized spacial score (nSPS) is 14.5. The Hall–Kier alpha value is -3.72. The first-order valence-electron chi connectivity index (χ1n) is 15.3. The maximum atomic E-state index is 6.69. The van der Waals surface area contributed by atoms with Crippen molar-refractivity contribution in [3.05, 3.63) is 105 Å². The van der Waals surface area contributed by atoms with Gasteiger partial charge in [0, 0.05) is 52.1 Å². The lowest BCUT2D eigenvalue weighted by molar-refractivity contribution is 0.543. The average molecular weight is 559 g/mol. The van der Waals surface area contributed by atoms with E-state index in [0.717, 1.165) is 50.2 Å². The van der Waals surface area contributed by atoms with Crippen LogP contribution in [0.4, 0.5) is 0 Å². The molecule has 7 rings (SSSR count). The summed E-state index contributed by atoms with van der Waals surface area (Å²) in [4.78, 5) is 0. The van der Waals surface area contributed by atoms with E-state index in [0.29, 0.717) is 19.3 Å². The van der Waals surface area contributed by atoms with Gasteiger partial charge in [0.25, 0.3) is 0 Å². The molecule has 4 heterocycles. The van der Waals surface area contributed by atoms with Gasteiger partial charge >= 0.3 is 0 Å². The van der Waals surface area contributed by atoms with E-state index in [1.165, 1.54) is 33.4 Å². The molecule has 1 aliphatic rings. The molecule has 42 heavy (non-hydrogen) atoms. The molecule has 0 aliphatic carbocycles. The van der Waals surface area contributed by atoms with Crippen molar-refractivity contribution in [3.8, 4) is 0 Å². The summed E-state index contributed by atoms with van der Waals surface area (Å²) >= 11 is 0. The minimum atomic E-state index is 0.0155. The van der Waals surface area contributed by atoms with E-state index in [4.69, 9.17) is 13.3 Å². The Balaban J connectivity index is 1.54. The number of fused-ring (bicyclic) bond motifs is 3. The van der Waals surface area contributed by atoms with Gasteiger partial charge in [-0.2, -0.15) is 0 Å². The number of benzene rings is 3. The van der Waals surface area contributed by atoms with Gasteiger partial charge in [-0.3, -0.25) is 0 Å². The van der Waals surface area contributed by atoms with Crippen molar-refractivity contribution in [2.75, 3.05) is 0 Å². The first kappa shape index (κ1) is 27.1. The second-order valence-corrected chi connectivity index (χ2v) is 15.6. The molecular weight excluding hydrogens is 516 g/mol. The third-order valence-electron chi connectivity index (χ3n) is 8.92. The van der Waals surface area contributed by atoms with Crippen molar-refractivity contribution in [3.63, 3.8) is 0 Å². The Morgan fingerprint density at radius 1 is 0.381 bits per heavy atom. The molecule has 3 aromatic heterocycles. The van der Waals surface area contributed by atoms with Crippen molar-refractivity contribution in [1.29, 1.82) is 0 Å². The Morgan fingerprint density at radius 3 is 0.881 bits per heavy atom. The molecule has 0 radical (unpaired) electrons. The fraction of sp³-hybridized carbons (Fsp3) is 0.385. The average Bonchev–Trinajstić information content (AvgIpc) is 3.57. The molecule has 0 atom stereocenters. The molecule has 1 aliphatic heterocycles. The SMILES string of the molecule is CC(C)(C)c1cc2c3oc(cc3c1)Cc1cc(C(C)(C)C)cc3cc(oc13)Cc1cc(C(C)(C)C)cc3cc(oc13)C2. The highest BCUT2D eigenvalue weighted by Gasteiger charge is 2.25. The number of furan rings is 3. The summed E-state index contributed by atoms with van der Waals surface area (Å²) in [5.74, 6) is 2.87. The Morgan fingerprint density at radius 2 is 0.643 bits per heavy atom. The first-order chi connectivity index (χ1) is 19.6. The van der Waals surface area contributed by atoms with Crippen LogP contribution in [0.3, 0.4) is 0 Å². The van der Waals surface area contributed by atoms with E-state index in [1.54, 1.807) is 0 Å². The maximum Gasteiger partial charge on any atom is 0.137 e. The van der Waals surface area contributed by atoms with Crippen molar-refractivity contribution in [2.24, 2.45) is 0 Å². The summed E-state index contributed by atoms with van der Waals surface area (Å²) in [6.07, 6.45) is 2.04. The van der Waals surface area contributed by atoms with E-state index in [2.05, 4.69) is 117 Å². The van der Waals surface area contributed by atoms with Crippen LogP contribution in [0.1, 0.15) is 113 Å². The highest BCUT2D eigenvalue weighted by molar-refractivity contribution is 5.87. The maximum absolute atomic E-state index is 6.69. The molecule has 6 bridgehead atoms. The fourth-order valence-corrected chi connectivity index (χ4v) is 6.35. The summed E-state index contributed by atoms with van der Waals surface area (Å²) in [7, 11) is 0. The van der Waals surface area contributed by atoms with Crippen LogP contribution < -0.4 is 0 Å². The van der Waals surface area contributed by atoms with Gasteiger partial charge in [-0.25, -0.2) is 0 Å². The molecular formula is C39H42O3. The van der Waals surface area contributed by atoms with Crippen molar-refractivity contribution >= 4 is 32.9 Å². The van der Waals surface area contributed by atoms with E-state index in [-0.39, 0.29) is 16.2 Å². The number of rotatable bonds is 0. The topological polar surface area (TPSA) is 39.4 Å². The quantitative estimate of drug-likeness (QED) is 0.186. The molecule has 0 saturated carbocycles. The zero-order valence-corrected chi connectivity index (χ0v) is 26.5. The zero-order chi connectivity index (χ0) is 29.8. The minimum Gasteiger partial charge on any atom is -0.460 e. The summed E-state index contributed by atoms with van der Waals surface area (Å²) in [5.41, 5.74) is 10.3. The summed E-state index contributed by atoms with van der Waals surface area (Å²) < 4.78 is 20.1.